The predicted octanol–water partition coefficient (Wildman–Crippen LogP) is 3.39. The lowest BCUT2D eigenvalue weighted by molar-refractivity contribution is -0.137. The smallest absolute Gasteiger partial charge is 0.416 e. The van der Waals surface area contributed by atoms with Crippen molar-refractivity contribution in [3.05, 3.63) is 59.5 Å². The standard InChI is InChI=1S/C20H19F3N2O3/c21-20(22,23)14-5-3-13(4-6-14)15-12-16(15)18(26)24-7-9-25(10-8-24)19(27)17-2-1-11-28-17/h1-6,11,15-16H,7-10,12H2. The summed E-state index contributed by atoms with van der Waals surface area (Å²) in [5.41, 5.74) is 0.0788. The summed E-state index contributed by atoms with van der Waals surface area (Å²) in [6.07, 6.45) is -2.26. The maximum Gasteiger partial charge on any atom is 0.416 e. The molecule has 2 aromatic rings. The SMILES string of the molecule is O=C(c1ccco1)N1CCN(C(=O)C2CC2c2ccc(C(F)(F)F)cc2)CC1. The van der Waals surface area contributed by atoms with E-state index in [1.807, 2.05) is 0 Å². The third kappa shape index (κ3) is 3.63. The average Bonchev–Trinajstić information content (AvgIpc) is 3.30. The van der Waals surface area contributed by atoms with Crippen molar-refractivity contribution in [2.24, 2.45) is 5.92 Å². The minimum Gasteiger partial charge on any atom is -0.459 e. The summed E-state index contributed by atoms with van der Waals surface area (Å²) in [7, 11) is 0. The van der Waals surface area contributed by atoms with Crippen molar-refractivity contribution in [1.29, 1.82) is 0 Å². The molecule has 8 heteroatoms. The number of furan rings is 1. The molecule has 148 valence electrons. The van der Waals surface area contributed by atoms with Crippen LogP contribution in [-0.4, -0.2) is 47.8 Å². The molecule has 0 bridgehead atoms. The van der Waals surface area contributed by atoms with Crippen LogP contribution in [0.25, 0.3) is 0 Å². The van der Waals surface area contributed by atoms with Crippen LogP contribution in [0.15, 0.2) is 47.1 Å². The van der Waals surface area contributed by atoms with Gasteiger partial charge in [0.15, 0.2) is 5.76 Å². The van der Waals surface area contributed by atoms with Gasteiger partial charge in [-0.1, -0.05) is 12.1 Å². The van der Waals surface area contributed by atoms with Crippen LogP contribution in [0.2, 0.25) is 0 Å². The number of hydrogen-bond acceptors (Lipinski definition) is 3. The highest BCUT2D eigenvalue weighted by Gasteiger charge is 2.46. The Hall–Kier alpha value is -2.77. The number of benzene rings is 1. The van der Waals surface area contributed by atoms with E-state index in [0.29, 0.717) is 32.6 Å². The van der Waals surface area contributed by atoms with E-state index in [0.717, 1.165) is 17.7 Å². The van der Waals surface area contributed by atoms with Gasteiger partial charge in [0, 0.05) is 32.1 Å². The largest absolute Gasteiger partial charge is 0.459 e. The van der Waals surface area contributed by atoms with E-state index in [1.165, 1.54) is 18.4 Å². The maximum atomic E-state index is 12.7. The Labute approximate surface area is 159 Å². The van der Waals surface area contributed by atoms with E-state index < -0.39 is 11.7 Å². The van der Waals surface area contributed by atoms with Crippen LogP contribution in [0.5, 0.6) is 0 Å². The van der Waals surface area contributed by atoms with Crippen LogP contribution in [0.4, 0.5) is 13.2 Å². The second kappa shape index (κ2) is 7.00. The minimum absolute atomic E-state index is 0.00926. The van der Waals surface area contributed by atoms with E-state index in [4.69, 9.17) is 4.42 Å². The van der Waals surface area contributed by atoms with Crippen molar-refractivity contribution in [3.63, 3.8) is 0 Å². The molecule has 2 atom stereocenters. The number of alkyl halides is 3. The summed E-state index contributed by atoms with van der Waals surface area (Å²) in [5.74, 6) is -0.118. The number of rotatable bonds is 3. The molecule has 28 heavy (non-hydrogen) atoms. The Morgan fingerprint density at radius 3 is 2.18 bits per heavy atom. The first-order valence-corrected chi connectivity index (χ1v) is 9.13. The lowest BCUT2D eigenvalue weighted by Gasteiger charge is -2.34. The van der Waals surface area contributed by atoms with Gasteiger partial charge in [0.05, 0.1) is 11.8 Å². The lowest BCUT2D eigenvalue weighted by Crippen LogP contribution is -2.51. The van der Waals surface area contributed by atoms with Gasteiger partial charge in [-0.2, -0.15) is 13.2 Å². The zero-order chi connectivity index (χ0) is 19.9. The summed E-state index contributed by atoms with van der Waals surface area (Å²) in [5, 5.41) is 0. The van der Waals surface area contributed by atoms with Gasteiger partial charge in [-0.15, -0.1) is 0 Å². The van der Waals surface area contributed by atoms with Gasteiger partial charge in [0.1, 0.15) is 0 Å². The fraction of sp³-hybridized carbons (Fsp3) is 0.400. The number of amides is 2. The van der Waals surface area contributed by atoms with Crippen LogP contribution in [-0.2, 0) is 11.0 Å². The number of piperazine rings is 1. The van der Waals surface area contributed by atoms with Crippen molar-refractivity contribution in [2.75, 3.05) is 26.2 Å². The topological polar surface area (TPSA) is 53.8 Å². The Kier molecular flexibility index (Phi) is 4.64. The zero-order valence-electron chi connectivity index (χ0n) is 15.0. The van der Waals surface area contributed by atoms with E-state index in [2.05, 4.69) is 0 Å². The second-order valence-electron chi connectivity index (χ2n) is 7.16. The second-order valence-corrected chi connectivity index (χ2v) is 7.16. The van der Waals surface area contributed by atoms with E-state index >= 15 is 0 Å². The Bertz CT molecular complexity index is 854. The monoisotopic (exact) mass is 392 g/mol. The maximum absolute atomic E-state index is 12.7. The molecule has 0 N–H and O–H groups in total. The molecule has 2 amide bonds. The molecule has 1 saturated carbocycles. The van der Waals surface area contributed by atoms with Gasteiger partial charge >= 0.3 is 6.18 Å². The molecular formula is C20H19F3N2O3. The van der Waals surface area contributed by atoms with Gasteiger partial charge in [0.25, 0.3) is 5.91 Å². The summed E-state index contributed by atoms with van der Waals surface area (Å²) in [6, 6.07) is 8.31. The average molecular weight is 392 g/mol. The molecule has 2 fully saturated rings. The molecule has 1 saturated heterocycles. The molecule has 1 aliphatic heterocycles. The van der Waals surface area contributed by atoms with Crippen molar-refractivity contribution >= 4 is 11.8 Å². The molecule has 1 aromatic heterocycles. The quantitative estimate of drug-likeness (QED) is 0.805. The number of hydrogen-bond donors (Lipinski definition) is 0. The molecule has 5 nitrogen and oxygen atoms in total. The van der Waals surface area contributed by atoms with Gasteiger partial charge in [0.2, 0.25) is 5.91 Å². The minimum atomic E-state index is -4.36. The van der Waals surface area contributed by atoms with Crippen molar-refractivity contribution in [2.45, 2.75) is 18.5 Å². The molecular weight excluding hydrogens is 373 g/mol. The van der Waals surface area contributed by atoms with E-state index in [1.54, 1.807) is 21.9 Å². The normalized spacial score (nSPS) is 22.2. The summed E-state index contributed by atoms with van der Waals surface area (Å²) < 4.78 is 43.1. The highest BCUT2D eigenvalue weighted by molar-refractivity contribution is 5.91. The zero-order valence-corrected chi connectivity index (χ0v) is 15.0. The molecule has 2 heterocycles. The predicted molar refractivity (Wildman–Crippen MR) is 93.5 cm³/mol. The molecule has 1 aliphatic carbocycles. The van der Waals surface area contributed by atoms with Crippen LogP contribution in [0.3, 0.4) is 0 Å². The van der Waals surface area contributed by atoms with Crippen molar-refractivity contribution in [1.82, 2.24) is 9.80 Å². The first kappa shape index (κ1) is 18.6. The molecule has 2 unspecified atom stereocenters. The Morgan fingerprint density at radius 2 is 1.61 bits per heavy atom. The molecule has 0 spiro atoms. The molecule has 0 radical (unpaired) electrons. The van der Waals surface area contributed by atoms with Crippen molar-refractivity contribution in [3.8, 4) is 0 Å². The number of carbonyl (C=O) groups is 2. The van der Waals surface area contributed by atoms with Crippen molar-refractivity contribution < 1.29 is 27.2 Å². The highest BCUT2D eigenvalue weighted by Crippen LogP contribution is 2.49. The summed E-state index contributed by atoms with van der Waals surface area (Å²) >= 11 is 0. The van der Waals surface area contributed by atoms with Gasteiger partial charge < -0.3 is 14.2 Å². The number of nitrogens with zero attached hydrogens (tertiary/aromatic N) is 2. The Morgan fingerprint density at radius 1 is 0.964 bits per heavy atom. The summed E-state index contributed by atoms with van der Waals surface area (Å²) in [6.45, 7) is 1.76. The third-order valence-electron chi connectivity index (χ3n) is 5.38. The highest BCUT2D eigenvalue weighted by atomic mass is 19.4. The van der Waals surface area contributed by atoms with Gasteiger partial charge in [-0.05, 0) is 42.2 Å². The van der Waals surface area contributed by atoms with Crippen LogP contribution >= 0.6 is 0 Å². The third-order valence-corrected chi connectivity index (χ3v) is 5.38. The number of carbonyl (C=O) groups excluding carboxylic acids is 2. The van der Waals surface area contributed by atoms with E-state index in [9.17, 15) is 22.8 Å². The Balaban J connectivity index is 1.31. The molecule has 2 aliphatic rings. The van der Waals surface area contributed by atoms with Crippen LogP contribution < -0.4 is 0 Å². The van der Waals surface area contributed by atoms with Crippen LogP contribution in [0.1, 0.15) is 34.0 Å². The summed E-state index contributed by atoms with van der Waals surface area (Å²) in [4.78, 5) is 28.4. The van der Waals surface area contributed by atoms with E-state index in [-0.39, 0.29) is 29.4 Å². The number of halogens is 3. The fourth-order valence-corrected chi connectivity index (χ4v) is 3.68. The molecule has 4 rings (SSSR count). The first-order chi connectivity index (χ1) is 13.3. The van der Waals surface area contributed by atoms with Gasteiger partial charge in [-0.25, -0.2) is 0 Å². The first-order valence-electron chi connectivity index (χ1n) is 9.13. The fourth-order valence-electron chi connectivity index (χ4n) is 3.68. The molecule has 1 aromatic carbocycles. The van der Waals surface area contributed by atoms with Gasteiger partial charge in [-0.3, -0.25) is 9.59 Å². The van der Waals surface area contributed by atoms with Crippen LogP contribution in [0, 0.1) is 5.92 Å². The lowest BCUT2D eigenvalue weighted by atomic mass is 10.1.